The van der Waals surface area contributed by atoms with E-state index in [0.29, 0.717) is 0 Å². The first kappa shape index (κ1) is 17.0. The van der Waals surface area contributed by atoms with Crippen LogP contribution in [-0.2, 0) is 4.79 Å². The lowest BCUT2D eigenvalue weighted by molar-refractivity contribution is -0.142. The molecule has 0 radical (unpaired) electrons. The lowest BCUT2D eigenvalue weighted by Gasteiger charge is -2.37. The summed E-state index contributed by atoms with van der Waals surface area (Å²) < 4.78 is 26.5. The summed E-state index contributed by atoms with van der Waals surface area (Å²) in [5.41, 5.74) is 0.935. The number of alkyl halides is 2. The van der Waals surface area contributed by atoms with Crippen molar-refractivity contribution in [3.63, 3.8) is 0 Å². The highest BCUT2D eigenvalue weighted by Gasteiger charge is 2.37. The van der Waals surface area contributed by atoms with E-state index in [0.717, 1.165) is 43.3 Å². The zero-order valence-electron chi connectivity index (χ0n) is 14.3. The van der Waals surface area contributed by atoms with E-state index in [-0.39, 0.29) is 37.8 Å². The van der Waals surface area contributed by atoms with Crippen LogP contribution < -0.4 is 4.90 Å². The number of aryl methyl sites for hydroxylation is 2. The van der Waals surface area contributed by atoms with E-state index in [9.17, 15) is 13.6 Å². The fraction of sp³-hybridized carbons (Fsp3) is 0.706. The van der Waals surface area contributed by atoms with Crippen LogP contribution in [0.3, 0.4) is 0 Å². The Hall–Kier alpha value is -1.79. The van der Waals surface area contributed by atoms with E-state index in [1.807, 2.05) is 19.9 Å². The van der Waals surface area contributed by atoms with E-state index >= 15 is 0 Å². The molecule has 1 amide bonds. The zero-order valence-corrected chi connectivity index (χ0v) is 14.3. The Balaban J connectivity index is 1.56. The van der Waals surface area contributed by atoms with Gasteiger partial charge < -0.3 is 9.80 Å². The van der Waals surface area contributed by atoms with Gasteiger partial charge in [-0.25, -0.2) is 18.7 Å². The van der Waals surface area contributed by atoms with Gasteiger partial charge in [0.2, 0.25) is 5.91 Å². The first-order valence-corrected chi connectivity index (χ1v) is 8.58. The van der Waals surface area contributed by atoms with E-state index < -0.39 is 5.92 Å². The number of nitrogens with zero attached hydrogens (tertiary/aromatic N) is 4. The fourth-order valence-corrected chi connectivity index (χ4v) is 3.53. The highest BCUT2D eigenvalue weighted by molar-refractivity contribution is 5.79. The lowest BCUT2D eigenvalue weighted by atomic mass is 9.94. The molecule has 0 aromatic carbocycles. The van der Waals surface area contributed by atoms with Crippen LogP contribution in [0.5, 0.6) is 0 Å². The monoisotopic (exact) mass is 338 g/mol. The van der Waals surface area contributed by atoms with E-state index in [2.05, 4.69) is 14.9 Å². The molecule has 3 rings (SSSR count). The van der Waals surface area contributed by atoms with E-state index in [1.54, 1.807) is 4.90 Å². The van der Waals surface area contributed by atoms with Crippen LogP contribution in [0.4, 0.5) is 14.6 Å². The number of piperidine rings is 2. The van der Waals surface area contributed by atoms with Gasteiger partial charge in [0.05, 0.1) is 0 Å². The number of hydrogen-bond acceptors (Lipinski definition) is 4. The minimum Gasteiger partial charge on any atom is -0.356 e. The average molecular weight is 338 g/mol. The molecule has 7 heteroatoms. The molecule has 3 heterocycles. The van der Waals surface area contributed by atoms with Crippen molar-refractivity contribution in [2.24, 2.45) is 5.92 Å². The zero-order chi connectivity index (χ0) is 17.3. The molecule has 5 nitrogen and oxygen atoms in total. The van der Waals surface area contributed by atoms with Crippen LogP contribution in [0.2, 0.25) is 0 Å². The second kappa shape index (κ2) is 6.61. The van der Waals surface area contributed by atoms with Gasteiger partial charge in [0, 0.05) is 56.7 Å². The number of carbonyl (C=O) groups excluding carboxylic acids is 1. The maximum atomic E-state index is 13.2. The molecule has 2 aliphatic rings. The quantitative estimate of drug-likeness (QED) is 0.832. The number of rotatable bonds is 2. The summed E-state index contributed by atoms with van der Waals surface area (Å²) in [4.78, 5) is 25.1. The Labute approximate surface area is 141 Å². The van der Waals surface area contributed by atoms with Crippen LogP contribution in [0.25, 0.3) is 0 Å². The second-order valence-corrected chi connectivity index (χ2v) is 6.86. The van der Waals surface area contributed by atoms with Crippen molar-refractivity contribution < 1.29 is 13.6 Å². The predicted molar refractivity (Wildman–Crippen MR) is 87.2 cm³/mol. The molecule has 1 aromatic heterocycles. The Morgan fingerprint density at radius 2 is 1.75 bits per heavy atom. The third-order valence-corrected chi connectivity index (χ3v) is 4.93. The number of anilines is 1. The van der Waals surface area contributed by atoms with Crippen molar-refractivity contribution in [3.8, 4) is 0 Å². The number of hydrogen-bond donors (Lipinski definition) is 0. The van der Waals surface area contributed by atoms with Crippen molar-refractivity contribution in [2.75, 3.05) is 31.1 Å². The van der Waals surface area contributed by atoms with Gasteiger partial charge in [-0.2, -0.15) is 0 Å². The summed E-state index contributed by atoms with van der Waals surface area (Å²) in [5.74, 6) is -0.971. The maximum Gasteiger partial charge on any atom is 0.251 e. The molecule has 0 spiro atoms. The molecule has 2 aliphatic heterocycles. The van der Waals surface area contributed by atoms with Crippen molar-refractivity contribution in [2.45, 2.75) is 45.5 Å². The topological polar surface area (TPSA) is 49.3 Å². The molecule has 0 aliphatic carbocycles. The van der Waals surface area contributed by atoms with Gasteiger partial charge in [-0.05, 0) is 26.7 Å². The largest absolute Gasteiger partial charge is 0.356 e. The summed E-state index contributed by atoms with van der Waals surface area (Å²) in [6.07, 6.45) is 1.07. The highest BCUT2D eigenvalue weighted by Crippen LogP contribution is 2.30. The van der Waals surface area contributed by atoms with Gasteiger partial charge in [0.1, 0.15) is 11.6 Å². The van der Waals surface area contributed by atoms with Crippen LogP contribution in [0.1, 0.15) is 37.2 Å². The van der Waals surface area contributed by atoms with Gasteiger partial charge in [-0.15, -0.1) is 0 Å². The number of likely N-dealkylation sites (tertiary alicyclic amines) is 1. The molecule has 0 unspecified atom stereocenters. The predicted octanol–water partition coefficient (Wildman–Crippen LogP) is 2.57. The Kier molecular flexibility index (Phi) is 4.69. The van der Waals surface area contributed by atoms with Gasteiger partial charge >= 0.3 is 0 Å². The molecule has 0 saturated carbocycles. The van der Waals surface area contributed by atoms with Crippen molar-refractivity contribution in [1.82, 2.24) is 14.9 Å². The third-order valence-electron chi connectivity index (χ3n) is 4.93. The molecular formula is C17H24F2N4O. The van der Waals surface area contributed by atoms with E-state index in [1.165, 1.54) is 0 Å². The molecule has 0 N–H and O–H groups in total. The molecule has 0 bridgehead atoms. The average Bonchev–Trinajstić information content (AvgIpc) is 2.53. The minimum absolute atomic E-state index is 0.0419. The van der Waals surface area contributed by atoms with Crippen LogP contribution in [-0.4, -0.2) is 52.9 Å². The van der Waals surface area contributed by atoms with Crippen LogP contribution >= 0.6 is 0 Å². The van der Waals surface area contributed by atoms with Crippen molar-refractivity contribution in [3.05, 3.63) is 17.6 Å². The molecule has 132 valence electrons. The summed E-state index contributed by atoms with van der Waals surface area (Å²) >= 11 is 0. The summed E-state index contributed by atoms with van der Waals surface area (Å²) in [5, 5.41) is 0. The number of aromatic nitrogens is 2. The van der Waals surface area contributed by atoms with Crippen LogP contribution in [0.15, 0.2) is 6.07 Å². The van der Waals surface area contributed by atoms with Crippen molar-refractivity contribution >= 4 is 11.7 Å². The fourth-order valence-electron chi connectivity index (χ4n) is 3.53. The third kappa shape index (κ3) is 3.82. The van der Waals surface area contributed by atoms with Gasteiger partial charge in [-0.3, -0.25) is 4.79 Å². The first-order valence-electron chi connectivity index (χ1n) is 8.58. The molecular weight excluding hydrogens is 314 g/mol. The van der Waals surface area contributed by atoms with Gasteiger partial charge in [-0.1, -0.05) is 0 Å². The number of halogens is 2. The summed E-state index contributed by atoms with van der Waals surface area (Å²) in [6.45, 7) is 5.69. The summed E-state index contributed by atoms with van der Waals surface area (Å²) in [6, 6.07) is 1.96. The Morgan fingerprint density at radius 1 is 1.12 bits per heavy atom. The molecule has 2 saturated heterocycles. The SMILES string of the molecule is Cc1cc(N2CCC(C(=O)N3CCC(F)(F)CC3)CC2)nc(C)n1. The van der Waals surface area contributed by atoms with Gasteiger partial charge in [0.25, 0.3) is 5.92 Å². The molecule has 1 aromatic rings. The van der Waals surface area contributed by atoms with E-state index in [4.69, 9.17) is 0 Å². The Morgan fingerprint density at radius 3 is 2.33 bits per heavy atom. The Bertz CT molecular complexity index is 584. The molecule has 24 heavy (non-hydrogen) atoms. The highest BCUT2D eigenvalue weighted by atomic mass is 19.3. The number of amides is 1. The smallest absolute Gasteiger partial charge is 0.251 e. The number of carbonyl (C=O) groups is 1. The van der Waals surface area contributed by atoms with Gasteiger partial charge in [0.15, 0.2) is 0 Å². The van der Waals surface area contributed by atoms with Crippen molar-refractivity contribution in [1.29, 1.82) is 0 Å². The maximum absolute atomic E-state index is 13.2. The summed E-state index contributed by atoms with van der Waals surface area (Å²) in [7, 11) is 0. The molecule has 2 fully saturated rings. The van der Waals surface area contributed by atoms with Crippen LogP contribution in [0, 0.1) is 19.8 Å². The lowest BCUT2D eigenvalue weighted by Crippen LogP contribution is -2.47. The second-order valence-electron chi connectivity index (χ2n) is 6.86. The normalized spacial score (nSPS) is 21.8. The minimum atomic E-state index is -2.61. The first-order chi connectivity index (χ1) is 11.3. The standard InChI is InChI=1S/C17H24F2N4O/c1-12-11-15(21-13(2)20-12)22-7-3-14(4-8-22)16(24)23-9-5-17(18,19)6-10-23/h11,14H,3-10H2,1-2H3. The molecule has 0 atom stereocenters.